The quantitative estimate of drug-likeness (QED) is 0.546. The molecule has 3 rings (SSSR count). The summed E-state index contributed by atoms with van der Waals surface area (Å²) in [6.45, 7) is 5.46. The molecule has 2 aliphatic rings. The number of carbonyl (C=O) groups is 3. The maximum absolute atomic E-state index is 13.5. The first-order valence-electron chi connectivity index (χ1n) is 9.66. The third kappa shape index (κ3) is 3.74. The number of halogens is 2. The van der Waals surface area contributed by atoms with E-state index < -0.39 is 29.6 Å². The fraction of sp³-hybridized carbons (Fsp3) is 0.409. The van der Waals surface area contributed by atoms with E-state index in [1.165, 1.54) is 7.11 Å². The van der Waals surface area contributed by atoms with Crippen LogP contribution < -0.4 is 5.32 Å². The van der Waals surface area contributed by atoms with Crippen LogP contribution in [-0.2, 0) is 23.9 Å². The van der Waals surface area contributed by atoms with Crippen LogP contribution in [0.2, 0.25) is 10.0 Å². The summed E-state index contributed by atoms with van der Waals surface area (Å²) in [6.07, 6.45) is 0.447. The molecule has 1 aromatic carbocycles. The summed E-state index contributed by atoms with van der Waals surface area (Å²) in [6, 6.07) is 5.06. The second-order valence-electron chi connectivity index (χ2n) is 7.40. The average Bonchev–Trinajstić information content (AvgIpc) is 2.69. The van der Waals surface area contributed by atoms with Crippen LogP contribution in [0.25, 0.3) is 0 Å². The number of ketones is 1. The fourth-order valence-corrected chi connectivity index (χ4v) is 4.63. The van der Waals surface area contributed by atoms with Gasteiger partial charge >= 0.3 is 11.9 Å². The van der Waals surface area contributed by atoms with Crippen molar-refractivity contribution in [3.05, 3.63) is 56.3 Å². The summed E-state index contributed by atoms with van der Waals surface area (Å²) in [5, 5.41) is 3.74. The molecule has 0 unspecified atom stereocenters. The lowest BCUT2D eigenvalue weighted by atomic mass is 9.69. The lowest BCUT2D eigenvalue weighted by molar-refractivity contribution is -0.151. The van der Waals surface area contributed by atoms with Gasteiger partial charge in [0.15, 0.2) is 5.78 Å². The molecule has 1 aliphatic heterocycles. The summed E-state index contributed by atoms with van der Waals surface area (Å²) in [5.41, 5.74) is 2.34. The maximum atomic E-state index is 13.5. The highest BCUT2D eigenvalue weighted by Crippen LogP contribution is 2.47. The van der Waals surface area contributed by atoms with Gasteiger partial charge < -0.3 is 14.8 Å². The molecular weight excluding hydrogens is 429 g/mol. The van der Waals surface area contributed by atoms with Gasteiger partial charge in [0.2, 0.25) is 0 Å². The molecule has 0 spiro atoms. The molecule has 0 bridgehead atoms. The van der Waals surface area contributed by atoms with Crippen molar-refractivity contribution in [1.82, 2.24) is 5.32 Å². The molecule has 0 aromatic heterocycles. The van der Waals surface area contributed by atoms with Crippen LogP contribution in [0, 0.1) is 11.8 Å². The predicted molar refractivity (Wildman–Crippen MR) is 113 cm³/mol. The van der Waals surface area contributed by atoms with E-state index in [9.17, 15) is 14.4 Å². The Labute approximate surface area is 185 Å². The first-order chi connectivity index (χ1) is 14.2. The molecule has 1 heterocycles. The van der Waals surface area contributed by atoms with Gasteiger partial charge in [0.1, 0.15) is 5.92 Å². The number of carbonyl (C=O) groups excluding carboxylic acids is 3. The SMILES string of the molecule is CCOC(=O)C1=C(C)NC2=C(C(=O)[C@H](C(=O)OC)[C@@H](C)C2)[C@H]1c1cccc(Cl)c1Cl. The number of ether oxygens (including phenoxy) is 2. The van der Waals surface area contributed by atoms with E-state index in [4.69, 9.17) is 32.7 Å². The Morgan fingerprint density at radius 3 is 2.60 bits per heavy atom. The Bertz CT molecular complexity index is 982. The van der Waals surface area contributed by atoms with E-state index in [1.54, 1.807) is 32.0 Å². The molecule has 1 aliphatic carbocycles. The Kier molecular flexibility index (Phi) is 6.58. The highest BCUT2D eigenvalue weighted by atomic mass is 35.5. The zero-order chi connectivity index (χ0) is 22.2. The van der Waals surface area contributed by atoms with Crippen molar-refractivity contribution in [2.75, 3.05) is 13.7 Å². The van der Waals surface area contributed by atoms with Crippen molar-refractivity contribution in [2.45, 2.75) is 33.1 Å². The number of hydrogen-bond donors (Lipinski definition) is 1. The molecule has 160 valence electrons. The molecule has 8 heteroatoms. The number of nitrogens with one attached hydrogen (secondary N) is 1. The van der Waals surface area contributed by atoms with E-state index in [-0.39, 0.29) is 23.1 Å². The molecule has 0 saturated carbocycles. The zero-order valence-electron chi connectivity index (χ0n) is 17.2. The van der Waals surface area contributed by atoms with Crippen molar-refractivity contribution in [1.29, 1.82) is 0 Å². The Balaban J connectivity index is 2.25. The Morgan fingerprint density at radius 2 is 1.97 bits per heavy atom. The molecule has 0 amide bonds. The van der Waals surface area contributed by atoms with Crippen LogP contribution in [0.5, 0.6) is 0 Å². The first kappa shape index (κ1) is 22.4. The van der Waals surface area contributed by atoms with Gasteiger partial charge in [-0.05, 0) is 37.8 Å². The lowest BCUT2D eigenvalue weighted by Gasteiger charge is -2.38. The third-order valence-electron chi connectivity index (χ3n) is 5.53. The summed E-state index contributed by atoms with van der Waals surface area (Å²) in [7, 11) is 1.25. The zero-order valence-corrected chi connectivity index (χ0v) is 18.7. The molecular formula is C22H23Cl2NO5. The molecule has 30 heavy (non-hydrogen) atoms. The van der Waals surface area contributed by atoms with Crippen LogP contribution in [0.3, 0.4) is 0 Å². The molecule has 0 fully saturated rings. The second kappa shape index (κ2) is 8.82. The van der Waals surface area contributed by atoms with Gasteiger partial charge in [-0.25, -0.2) is 4.79 Å². The molecule has 0 saturated heterocycles. The van der Waals surface area contributed by atoms with Crippen molar-refractivity contribution >= 4 is 40.9 Å². The van der Waals surface area contributed by atoms with E-state index in [1.807, 2.05) is 6.92 Å². The monoisotopic (exact) mass is 451 g/mol. The summed E-state index contributed by atoms with van der Waals surface area (Å²) >= 11 is 12.7. The van der Waals surface area contributed by atoms with Gasteiger partial charge in [-0.1, -0.05) is 42.3 Å². The minimum Gasteiger partial charge on any atom is -0.468 e. The minimum absolute atomic E-state index is 0.174. The highest BCUT2D eigenvalue weighted by Gasteiger charge is 2.47. The number of methoxy groups -OCH3 is 1. The normalized spacial score (nSPS) is 23.7. The second-order valence-corrected chi connectivity index (χ2v) is 8.18. The van der Waals surface area contributed by atoms with Gasteiger partial charge in [0.05, 0.1) is 29.3 Å². The van der Waals surface area contributed by atoms with Gasteiger partial charge in [0.25, 0.3) is 0 Å². The smallest absolute Gasteiger partial charge is 0.336 e. The standard InChI is InChI=1S/C22H23Cl2NO5/c1-5-30-22(28)16-11(3)25-14-9-10(2)15(21(27)29-4)20(26)18(14)17(16)12-7-6-8-13(23)19(12)24/h6-8,10,15,17,25H,5,9H2,1-4H3/t10-,15+,17-/m0/s1. The van der Waals surface area contributed by atoms with Crippen LogP contribution in [0.15, 0.2) is 40.7 Å². The van der Waals surface area contributed by atoms with Crippen LogP contribution in [-0.4, -0.2) is 31.4 Å². The molecule has 1 N–H and O–H groups in total. The largest absolute Gasteiger partial charge is 0.468 e. The van der Waals surface area contributed by atoms with Gasteiger partial charge in [-0.2, -0.15) is 0 Å². The van der Waals surface area contributed by atoms with E-state index in [2.05, 4.69) is 5.32 Å². The fourth-order valence-electron chi connectivity index (χ4n) is 4.21. The van der Waals surface area contributed by atoms with E-state index in [0.29, 0.717) is 34.0 Å². The molecule has 0 radical (unpaired) electrons. The first-order valence-corrected chi connectivity index (χ1v) is 10.4. The van der Waals surface area contributed by atoms with Gasteiger partial charge in [-0.15, -0.1) is 0 Å². The van der Waals surface area contributed by atoms with E-state index >= 15 is 0 Å². The average molecular weight is 452 g/mol. The third-order valence-corrected chi connectivity index (χ3v) is 6.36. The van der Waals surface area contributed by atoms with Crippen molar-refractivity contribution < 1.29 is 23.9 Å². The number of Topliss-reactive ketones (excluding diaryl/α,β-unsaturated/α-hetero) is 1. The number of dihydropyridines is 1. The number of esters is 2. The number of hydrogen-bond acceptors (Lipinski definition) is 6. The highest BCUT2D eigenvalue weighted by molar-refractivity contribution is 6.42. The summed E-state index contributed by atoms with van der Waals surface area (Å²) in [4.78, 5) is 38.8. The summed E-state index contributed by atoms with van der Waals surface area (Å²) in [5.74, 6) is -3.58. The van der Waals surface area contributed by atoms with Crippen LogP contribution in [0.1, 0.15) is 38.7 Å². The van der Waals surface area contributed by atoms with Crippen molar-refractivity contribution in [3.8, 4) is 0 Å². The van der Waals surface area contributed by atoms with Gasteiger partial charge in [0, 0.05) is 22.9 Å². The van der Waals surface area contributed by atoms with Crippen LogP contribution in [0.4, 0.5) is 0 Å². The maximum Gasteiger partial charge on any atom is 0.336 e. The minimum atomic E-state index is -0.960. The molecule has 1 aromatic rings. The number of benzene rings is 1. The van der Waals surface area contributed by atoms with Crippen molar-refractivity contribution in [2.24, 2.45) is 11.8 Å². The van der Waals surface area contributed by atoms with Crippen LogP contribution >= 0.6 is 23.2 Å². The predicted octanol–water partition coefficient (Wildman–Crippen LogP) is 4.17. The van der Waals surface area contributed by atoms with Gasteiger partial charge in [-0.3, -0.25) is 9.59 Å². The lowest BCUT2D eigenvalue weighted by Crippen LogP contribution is -2.43. The van der Waals surface area contributed by atoms with Crippen molar-refractivity contribution in [3.63, 3.8) is 0 Å². The number of allylic oxidation sites excluding steroid dienone is 3. The van der Waals surface area contributed by atoms with E-state index in [0.717, 1.165) is 0 Å². The summed E-state index contributed by atoms with van der Waals surface area (Å²) < 4.78 is 10.1. The number of rotatable bonds is 4. The molecule has 6 nitrogen and oxygen atoms in total. The molecule has 3 atom stereocenters. The Morgan fingerprint density at radius 1 is 1.27 bits per heavy atom. The topological polar surface area (TPSA) is 81.7 Å². The Hall–Kier alpha value is -2.31.